The Labute approximate surface area is 315 Å². The van der Waals surface area contributed by atoms with Gasteiger partial charge >= 0.3 is 6.18 Å². The van der Waals surface area contributed by atoms with E-state index in [4.69, 9.17) is 4.74 Å². The summed E-state index contributed by atoms with van der Waals surface area (Å²) in [4.78, 5) is 36.6. The van der Waals surface area contributed by atoms with Crippen molar-refractivity contribution >= 4 is 17.7 Å². The van der Waals surface area contributed by atoms with Gasteiger partial charge in [0.2, 0.25) is 5.91 Å². The van der Waals surface area contributed by atoms with Gasteiger partial charge in [0.05, 0.1) is 18.4 Å². The summed E-state index contributed by atoms with van der Waals surface area (Å²) in [7, 11) is 1.68. The van der Waals surface area contributed by atoms with Crippen LogP contribution in [0.3, 0.4) is 0 Å². The molecule has 0 radical (unpaired) electrons. The van der Waals surface area contributed by atoms with Gasteiger partial charge in [0.1, 0.15) is 12.4 Å². The summed E-state index contributed by atoms with van der Waals surface area (Å²) < 4.78 is 60.0. The zero-order valence-electron chi connectivity index (χ0n) is 30.1. The highest BCUT2D eigenvalue weighted by Crippen LogP contribution is 2.32. The molecule has 1 N–H and O–H groups in total. The number of halogens is 4. The second-order valence-corrected chi connectivity index (χ2v) is 14.4. The molecule has 1 aliphatic heterocycles. The number of H-pyrrole nitrogens is 1. The summed E-state index contributed by atoms with van der Waals surface area (Å²) in [6.07, 6.45) is 2.20. The number of hydrogen-bond donors (Lipinski definition) is 1. The Bertz CT molecular complexity index is 2030. The topological polar surface area (TPSA) is 96.4 Å². The summed E-state index contributed by atoms with van der Waals surface area (Å²) in [5.74, 6) is -0.419. The molecule has 0 bridgehead atoms. The number of aromatic nitrogens is 4. The van der Waals surface area contributed by atoms with Crippen LogP contribution in [0.2, 0.25) is 0 Å². The molecule has 1 atom stereocenters. The molecule has 3 aromatic carbocycles. The number of ether oxygens (including phenoxy) is 1. The van der Waals surface area contributed by atoms with Crippen LogP contribution >= 0.6 is 11.8 Å². The largest absolute Gasteiger partial charge is 0.416 e. The number of methoxy groups -OCH3 is 1. The number of hydrogen-bond acceptors (Lipinski definition) is 7. The van der Waals surface area contributed by atoms with Crippen molar-refractivity contribution in [3.8, 4) is 11.1 Å². The van der Waals surface area contributed by atoms with Crippen LogP contribution in [0, 0.1) is 5.82 Å². The lowest BCUT2D eigenvalue weighted by Crippen LogP contribution is -2.48. The molecule has 1 aliphatic rings. The van der Waals surface area contributed by atoms with E-state index in [1.165, 1.54) is 36.0 Å². The maximum Gasteiger partial charge on any atom is 0.416 e. The molecule has 0 spiro atoms. The van der Waals surface area contributed by atoms with Crippen LogP contribution in [0.15, 0.2) is 101 Å². The SMILES string of the molecule is COCCN1CCC(N(Cc2ccc(-c3ccc(C(F)(F)F)cc3)cc2)C(=O)Cn2cc(C(C)c3cn[nH]c3)c(=O)nc2SCc2ccc(F)cc2)CC1. The molecule has 284 valence electrons. The van der Waals surface area contributed by atoms with Gasteiger partial charge in [0.25, 0.3) is 5.56 Å². The summed E-state index contributed by atoms with van der Waals surface area (Å²) >= 11 is 1.30. The van der Waals surface area contributed by atoms with Gasteiger partial charge in [-0.1, -0.05) is 67.2 Å². The number of likely N-dealkylation sites (tertiary alicyclic amines) is 1. The van der Waals surface area contributed by atoms with Crippen LogP contribution in [0.25, 0.3) is 11.1 Å². The highest BCUT2D eigenvalue weighted by molar-refractivity contribution is 7.98. The molecular weight excluding hydrogens is 721 g/mol. The Kier molecular flexibility index (Phi) is 12.7. The monoisotopic (exact) mass is 762 g/mol. The van der Waals surface area contributed by atoms with Crippen molar-refractivity contribution < 1.29 is 27.1 Å². The molecule has 14 heteroatoms. The van der Waals surface area contributed by atoms with Gasteiger partial charge < -0.3 is 19.1 Å². The van der Waals surface area contributed by atoms with E-state index < -0.39 is 17.3 Å². The van der Waals surface area contributed by atoms with E-state index in [1.807, 2.05) is 36.1 Å². The zero-order valence-corrected chi connectivity index (χ0v) is 30.9. The first-order valence-electron chi connectivity index (χ1n) is 17.7. The number of thioether (sulfide) groups is 1. The maximum absolute atomic E-state index is 14.5. The fourth-order valence-electron chi connectivity index (χ4n) is 6.61. The van der Waals surface area contributed by atoms with Crippen molar-refractivity contribution in [2.45, 2.75) is 61.9 Å². The van der Waals surface area contributed by atoms with Crippen LogP contribution in [0.5, 0.6) is 0 Å². The third-order valence-electron chi connectivity index (χ3n) is 9.84. The minimum atomic E-state index is -4.41. The quantitative estimate of drug-likeness (QED) is 0.0717. The van der Waals surface area contributed by atoms with Gasteiger partial charge in [-0.3, -0.25) is 14.7 Å². The summed E-state index contributed by atoms with van der Waals surface area (Å²) in [6, 6.07) is 18.6. The molecule has 54 heavy (non-hydrogen) atoms. The van der Waals surface area contributed by atoms with Crippen molar-refractivity contribution in [2.75, 3.05) is 33.4 Å². The predicted molar refractivity (Wildman–Crippen MR) is 199 cm³/mol. The minimum Gasteiger partial charge on any atom is -0.383 e. The summed E-state index contributed by atoms with van der Waals surface area (Å²) in [6.45, 7) is 5.16. The van der Waals surface area contributed by atoms with E-state index >= 15 is 0 Å². The molecule has 3 heterocycles. The third-order valence-corrected chi connectivity index (χ3v) is 10.9. The Morgan fingerprint density at radius 3 is 2.26 bits per heavy atom. The lowest BCUT2D eigenvalue weighted by Gasteiger charge is -2.39. The lowest BCUT2D eigenvalue weighted by atomic mass is 9.98. The molecular formula is C40H42F4N6O3S. The van der Waals surface area contributed by atoms with Crippen molar-refractivity contribution in [3.63, 3.8) is 0 Å². The number of carbonyl (C=O) groups excluding carboxylic acids is 1. The summed E-state index contributed by atoms with van der Waals surface area (Å²) in [5, 5.41) is 7.19. The highest BCUT2D eigenvalue weighted by Gasteiger charge is 2.31. The fraction of sp³-hybridized carbons (Fsp3) is 0.350. The van der Waals surface area contributed by atoms with E-state index in [1.54, 1.807) is 42.4 Å². The number of amides is 1. The predicted octanol–water partition coefficient (Wildman–Crippen LogP) is 7.38. The number of rotatable bonds is 14. The molecule has 0 aliphatic carbocycles. The van der Waals surface area contributed by atoms with Crippen LogP contribution in [-0.2, 0) is 34.6 Å². The van der Waals surface area contributed by atoms with Gasteiger partial charge in [-0.15, -0.1) is 0 Å². The fourth-order valence-corrected chi connectivity index (χ4v) is 7.53. The smallest absolute Gasteiger partial charge is 0.383 e. The molecule has 2 aromatic heterocycles. The van der Waals surface area contributed by atoms with E-state index in [9.17, 15) is 27.2 Å². The highest BCUT2D eigenvalue weighted by atomic mass is 32.2. The van der Waals surface area contributed by atoms with E-state index in [-0.39, 0.29) is 30.2 Å². The molecule has 0 saturated carbocycles. The van der Waals surface area contributed by atoms with Crippen LogP contribution in [0.4, 0.5) is 17.6 Å². The first-order chi connectivity index (χ1) is 26.0. The summed E-state index contributed by atoms with van der Waals surface area (Å²) in [5.41, 5.74) is 3.25. The van der Waals surface area contributed by atoms with E-state index in [0.29, 0.717) is 35.2 Å². The molecule has 1 unspecified atom stereocenters. The third kappa shape index (κ3) is 9.84. The van der Waals surface area contributed by atoms with Crippen molar-refractivity contribution in [1.29, 1.82) is 0 Å². The standard InChI is InChI=1S/C40H42F4N6O3S/c1-27(32-21-45-46-22-32)36-24-49(39(47-38(36)52)54-26-29-5-13-34(41)14-6-29)25-37(51)50(35-15-17-48(18-16-35)19-20-53-2)23-28-3-7-30(8-4-28)31-9-11-33(12-10-31)40(42,43)44/h3-14,21-22,24,27,35H,15-20,23,25-26H2,1-2H3,(H,45,46). The number of alkyl halides is 3. The van der Waals surface area contributed by atoms with Crippen molar-refractivity contribution in [2.24, 2.45) is 0 Å². The number of aromatic amines is 1. The molecule has 1 amide bonds. The van der Waals surface area contributed by atoms with Crippen LogP contribution in [-0.4, -0.2) is 74.8 Å². The van der Waals surface area contributed by atoms with Gasteiger partial charge in [0, 0.05) is 69.0 Å². The van der Waals surface area contributed by atoms with Crippen molar-refractivity contribution in [3.05, 3.63) is 135 Å². The zero-order chi connectivity index (χ0) is 38.2. The van der Waals surface area contributed by atoms with Gasteiger partial charge in [0.15, 0.2) is 5.16 Å². The first kappa shape index (κ1) is 38.9. The average molecular weight is 763 g/mol. The number of piperidine rings is 1. The van der Waals surface area contributed by atoms with Crippen LogP contribution in [0.1, 0.15) is 53.5 Å². The minimum absolute atomic E-state index is 0.0575. The maximum atomic E-state index is 14.5. The Hall–Kier alpha value is -4.79. The Morgan fingerprint density at radius 1 is 1.00 bits per heavy atom. The molecule has 5 aromatic rings. The van der Waals surface area contributed by atoms with Gasteiger partial charge in [-0.05, 0) is 64.9 Å². The second-order valence-electron chi connectivity index (χ2n) is 13.4. The normalized spacial score (nSPS) is 14.6. The number of benzene rings is 3. The first-order valence-corrected chi connectivity index (χ1v) is 18.7. The van der Waals surface area contributed by atoms with Crippen LogP contribution < -0.4 is 5.56 Å². The number of nitrogens with zero attached hydrogens (tertiary/aromatic N) is 5. The Balaban J connectivity index is 1.27. The van der Waals surface area contributed by atoms with E-state index in [2.05, 4.69) is 20.1 Å². The number of carbonyl (C=O) groups is 1. The average Bonchev–Trinajstić information content (AvgIpc) is 3.72. The molecule has 1 fully saturated rings. The molecule has 1 saturated heterocycles. The number of nitrogens with one attached hydrogen (secondary N) is 1. The van der Waals surface area contributed by atoms with Gasteiger partial charge in [-0.2, -0.15) is 23.3 Å². The molecule has 6 rings (SSSR count). The molecule has 9 nitrogen and oxygen atoms in total. The van der Waals surface area contributed by atoms with E-state index in [0.717, 1.165) is 66.9 Å². The second kappa shape index (κ2) is 17.6. The Morgan fingerprint density at radius 2 is 1.65 bits per heavy atom. The van der Waals surface area contributed by atoms with Gasteiger partial charge in [-0.25, -0.2) is 4.39 Å². The van der Waals surface area contributed by atoms with Crippen molar-refractivity contribution in [1.82, 2.24) is 29.5 Å². The lowest BCUT2D eigenvalue weighted by molar-refractivity contribution is -0.138.